The normalized spacial score (nSPS) is 13.1. The largest absolute Gasteiger partial charge is 0.396 e. The number of rotatable bonds is 6. The van der Waals surface area contributed by atoms with Crippen LogP contribution in [-0.2, 0) is 13.5 Å². The topological polar surface area (TPSA) is 38.1 Å². The molecule has 0 amide bonds. The summed E-state index contributed by atoms with van der Waals surface area (Å²) in [5, 5.41) is 8.83. The minimum absolute atomic E-state index is 0.287. The van der Waals surface area contributed by atoms with E-state index in [1.165, 1.54) is 0 Å². The van der Waals surface area contributed by atoms with Crippen LogP contribution in [0.5, 0.6) is 0 Å². The number of aromatic nitrogens is 2. The van der Waals surface area contributed by atoms with Gasteiger partial charge in [0.2, 0.25) is 0 Å². The number of aliphatic hydroxyl groups is 1. The highest BCUT2D eigenvalue weighted by Crippen LogP contribution is 2.09. The monoisotopic (exact) mass is 214 g/mol. The summed E-state index contributed by atoms with van der Waals surface area (Å²) in [6.45, 7) is 2.35. The number of hydrogen-bond donors (Lipinski definition) is 1. The van der Waals surface area contributed by atoms with Crippen molar-refractivity contribution >= 4 is 11.8 Å². The van der Waals surface area contributed by atoms with Crippen LogP contribution in [0, 0.1) is 5.92 Å². The number of imidazole rings is 1. The number of aliphatic hydroxyl groups excluding tert-OH is 1. The van der Waals surface area contributed by atoms with E-state index in [1.54, 1.807) is 0 Å². The molecule has 1 unspecified atom stereocenters. The van der Waals surface area contributed by atoms with Crippen LogP contribution in [0.2, 0.25) is 0 Å². The lowest BCUT2D eigenvalue weighted by atomic mass is 10.2. The number of hydrogen-bond acceptors (Lipinski definition) is 3. The predicted molar refractivity (Wildman–Crippen MR) is 60.5 cm³/mol. The van der Waals surface area contributed by atoms with Crippen LogP contribution >= 0.6 is 11.8 Å². The molecule has 0 radical (unpaired) electrons. The van der Waals surface area contributed by atoms with Gasteiger partial charge in [-0.25, -0.2) is 4.98 Å². The van der Waals surface area contributed by atoms with E-state index in [-0.39, 0.29) is 6.61 Å². The Morgan fingerprint density at radius 2 is 2.43 bits per heavy atom. The SMILES string of the molecule is CC(CO)CSCCc1nccn1C. The molecule has 1 aromatic rings. The minimum atomic E-state index is 0.287. The molecular weight excluding hydrogens is 196 g/mol. The third-order valence-corrected chi connectivity index (χ3v) is 3.40. The van der Waals surface area contributed by atoms with Crippen molar-refractivity contribution in [3.05, 3.63) is 18.2 Å². The van der Waals surface area contributed by atoms with Crippen LogP contribution in [0.1, 0.15) is 12.7 Å². The van der Waals surface area contributed by atoms with Crippen molar-refractivity contribution in [2.45, 2.75) is 13.3 Å². The first-order chi connectivity index (χ1) is 6.74. The van der Waals surface area contributed by atoms with Crippen molar-refractivity contribution in [3.8, 4) is 0 Å². The Hall–Kier alpha value is -0.480. The van der Waals surface area contributed by atoms with Crippen molar-refractivity contribution < 1.29 is 5.11 Å². The van der Waals surface area contributed by atoms with Gasteiger partial charge >= 0.3 is 0 Å². The maximum Gasteiger partial charge on any atom is 0.109 e. The fraction of sp³-hybridized carbons (Fsp3) is 0.700. The van der Waals surface area contributed by atoms with Crippen LogP contribution in [0.3, 0.4) is 0 Å². The summed E-state index contributed by atoms with van der Waals surface area (Å²) in [6, 6.07) is 0. The van der Waals surface area contributed by atoms with Gasteiger partial charge in [0.1, 0.15) is 5.82 Å². The average molecular weight is 214 g/mol. The van der Waals surface area contributed by atoms with E-state index < -0.39 is 0 Å². The van der Waals surface area contributed by atoms with E-state index in [0.717, 1.165) is 23.8 Å². The molecule has 0 aliphatic heterocycles. The molecule has 14 heavy (non-hydrogen) atoms. The molecule has 1 N–H and O–H groups in total. The van der Waals surface area contributed by atoms with Gasteiger partial charge in [-0.1, -0.05) is 6.92 Å². The summed E-state index contributed by atoms with van der Waals surface area (Å²) in [6.07, 6.45) is 4.80. The Bertz CT molecular complexity index is 262. The lowest BCUT2D eigenvalue weighted by molar-refractivity contribution is 0.250. The molecule has 0 aliphatic carbocycles. The van der Waals surface area contributed by atoms with Gasteiger partial charge in [-0.3, -0.25) is 0 Å². The van der Waals surface area contributed by atoms with E-state index in [4.69, 9.17) is 5.11 Å². The molecule has 1 aromatic heterocycles. The summed E-state index contributed by atoms with van der Waals surface area (Å²) in [5.74, 6) is 3.64. The van der Waals surface area contributed by atoms with E-state index in [1.807, 2.05) is 31.2 Å². The summed E-state index contributed by atoms with van der Waals surface area (Å²) >= 11 is 1.88. The molecule has 0 fully saturated rings. The molecule has 0 aliphatic rings. The Balaban J connectivity index is 2.13. The summed E-state index contributed by atoms with van der Waals surface area (Å²) in [4.78, 5) is 4.25. The van der Waals surface area contributed by atoms with Gasteiger partial charge in [-0.15, -0.1) is 0 Å². The Morgan fingerprint density at radius 3 is 3.00 bits per heavy atom. The quantitative estimate of drug-likeness (QED) is 0.726. The minimum Gasteiger partial charge on any atom is -0.396 e. The molecule has 3 nitrogen and oxygen atoms in total. The molecule has 80 valence electrons. The zero-order valence-corrected chi connectivity index (χ0v) is 9.63. The molecule has 0 spiro atoms. The summed E-state index contributed by atoms with van der Waals surface area (Å²) < 4.78 is 2.05. The van der Waals surface area contributed by atoms with Crippen LogP contribution in [0.25, 0.3) is 0 Å². The van der Waals surface area contributed by atoms with E-state index >= 15 is 0 Å². The molecule has 1 atom stereocenters. The third-order valence-electron chi connectivity index (χ3n) is 2.11. The molecule has 0 saturated heterocycles. The zero-order valence-electron chi connectivity index (χ0n) is 8.81. The standard InChI is InChI=1S/C10H18N2OS/c1-9(7-13)8-14-6-3-10-11-4-5-12(10)2/h4-5,9,13H,3,6-8H2,1-2H3. The van der Waals surface area contributed by atoms with Gasteiger partial charge in [-0.05, 0) is 11.7 Å². The van der Waals surface area contributed by atoms with Crippen LogP contribution < -0.4 is 0 Å². The molecular formula is C10H18N2OS. The average Bonchev–Trinajstić information content (AvgIpc) is 2.58. The van der Waals surface area contributed by atoms with Gasteiger partial charge in [0.25, 0.3) is 0 Å². The maximum atomic E-state index is 8.83. The zero-order chi connectivity index (χ0) is 10.4. The molecule has 1 heterocycles. The molecule has 0 aromatic carbocycles. The van der Waals surface area contributed by atoms with Crippen LogP contribution in [0.4, 0.5) is 0 Å². The third kappa shape index (κ3) is 3.72. The smallest absolute Gasteiger partial charge is 0.109 e. The maximum absolute atomic E-state index is 8.83. The highest BCUT2D eigenvalue weighted by molar-refractivity contribution is 7.99. The molecule has 0 saturated carbocycles. The summed E-state index contributed by atoms with van der Waals surface area (Å²) in [7, 11) is 2.02. The molecule has 0 bridgehead atoms. The first kappa shape index (κ1) is 11.6. The second-order valence-corrected chi connectivity index (χ2v) is 4.72. The Labute approximate surface area is 89.5 Å². The van der Waals surface area contributed by atoms with Crippen LogP contribution in [0.15, 0.2) is 12.4 Å². The second kappa shape index (κ2) is 6.09. The van der Waals surface area contributed by atoms with Gasteiger partial charge in [0.05, 0.1) is 0 Å². The molecule has 1 rings (SSSR count). The van der Waals surface area contributed by atoms with Crippen molar-refractivity contribution in [2.75, 3.05) is 18.1 Å². The van der Waals surface area contributed by atoms with E-state index in [0.29, 0.717) is 5.92 Å². The fourth-order valence-electron chi connectivity index (χ4n) is 1.14. The van der Waals surface area contributed by atoms with Crippen LogP contribution in [-0.4, -0.2) is 32.8 Å². The van der Waals surface area contributed by atoms with Crippen molar-refractivity contribution in [2.24, 2.45) is 13.0 Å². The fourth-order valence-corrected chi connectivity index (χ4v) is 2.14. The van der Waals surface area contributed by atoms with Crippen molar-refractivity contribution in [3.63, 3.8) is 0 Å². The predicted octanol–water partition coefficient (Wildman–Crippen LogP) is 1.32. The second-order valence-electron chi connectivity index (χ2n) is 3.57. The number of aryl methyl sites for hydroxylation is 2. The highest BCUT2D eigenvalue weighted by atomic mass is 32.2. The van der Waals surface area contributed by atoms with Gasteiger partial charge < -0.3 is 9.67 Å². The Morgan fingerprint density at radius 1 is 1.64 bits per heavy atom. The highest BCUT2D eigenvalue weighted by Gasteiger charge is 2.02. The van der Waals surface area contributed by atoms with Gasteiger partial charge in [0.15, 0.2) is 0 Å². The van der Waals surface area contributed by atoms with E-state index in [9.17, 15) is 0 Å². The first-order valence-electron chi connectivity index (χ1n) is 4.89. The number of thioether (sulfide) groups is 1. The van der Waals surface area contributed by atoms with Gasteiger partial charge in [-0.2, -0.15) is 11.8 Å². The first-order valence-corrected chi connectivity index (χ1v) is 6.04. The Kier molecular flexibility index (Phi) is 5.04. The van der Waals surface area contributed by atoms with Crippen molar-refractivity contribution in [1.29, 1.82) is 0 Å². The lowest BCUT2D eigenvalue weighted by Crippen LogP contribution is -2.05. The molecule has 4 heteroatoms. The van der Waals surface area contributed by atoms with Crippen molar-refractivity contribution in [1.82, 2.24) is 9.55 Å². The number of nitrogens with zero attached hydrogens (tertiary/aromatic N) is 2. The van der Waals surface area contributed by atoms with Gasteiger partial charge in [0, 0.05) is 38.2 Å². The summed E-state index contributed by atoms with van der Waals surface area (Å²) in [5.41, 5.74) is 0. The lowest BCUT2D eigenvalue weighted by Gasteiger charge is -2.06. The van der Waals surface area contributed by atoms with E-state index in [2.05, 4.69) is 16.5 Å².